The van der Waals surface area contributed by atoms with Crippen molar-refractivity contribution in [3.63, 3.8) is 0 Å². The maximum absolute atomic E-state index is 8.33. The molecule has 0 aliphatic heterocycles. The summed E-state index contributed by atoms with van der Waals surface area (Å²) < 4.78 is 0. The first-order valence-electron chi connectivity index (χ1n) is 1.84. The summed E-state index contributed by atoms with van der Waals surface area (Å²) in [5, 5.41) is 50.0. The maximum atomic E-state index is 8.33. The molecule has 0 radical (unpaired) electrons. The number of carboxylic acid groups (broad SMARTS) is 6. The Kier molecular flexibility index (Phi) is 142. The Hall–Kier alpha value is -0.206. The van der Waals surface area contributed by atoms with Gasteiger partial charge in [-0.2, -0.15) is 0 Å². The third-order valence-corrected chi connectivity index (χ3v) is 0. The van der Waals surface area contributed by atoms with Crippen molar-refractivity contribution < 1.29 is 124 Å². The van der Waals surface area contributed by atoms with Gasteiger partial charge in [0.25, 0.3) is 0 Å². The number of hydrogen-bond acceptors (Lipinski definition) is 9. The van der Waals surface area contributed by atoms with Crippen molar-refractivity contribution >= 4 is 18.5 Å². The summed E-state index contributed by atoms with van der Waals surface area (Å²) in [4.78, 5) is 25.0. The Morgan fingerprint density at radius 1 is 0.471 bits per heavy atom. The van der Waals surface area contributed by atoms with E-state index >= 15 is 0 Å². The van der Waals surface area contributed by atoms with Crippen molar-refractivity contribution in [3.8, 4) is 0 Å². The van der Waals surface area contributed by atoms with E-state index in [9.17, 15) is 0 Å². The molecular weight excluding hydrogens is 704 g/mol. The molecule has 0 amide bonds. The second-order valence-electron chi connectivity index (χ2n) is 0.750. The Balaban J connectivity index is -0.0000000104. The zero-order valence-electron chi connectivity index (χ0n) is 7.40. The van der Waals surface area contributed by atoms with Crippen LogP contribution in [0.1, 0.15) is 0 Å². The normalized spacial score (nSPS) is 4.24. The monoisotopic (exact) mass is 704 g/mol. The molecule has 0 aromatic rings. The van der Waals surface area contributed by atoms with Gasteiger partial charge in [-0.1, -0.05) is 0 Å². The van der Waals surface area contributed by atoms with Crippen LogP contribution in [0, 0.1) is 62.2 Å². The fourth-order valence-corrected chi connectivity index (χ4v) is 0. The van der Waals surface area contributed by atoms with E-state index in [0.29, 0.717) is 0 Å². The Morgan fingerprint density at radius 3 is 0.471 bits per heavy atom. The quantitative estimate of drug-likeness (QED) is 0.231. The van der Waals surface area contributed by atoms with Gasteiger partial charge in [0.2, 0.25) is 0 Å². The molecule has 0 aromatic heterocycles. The van der Waals surface area contributed by atoms with Gasteiger partial charge in [0.1, 0.15) is 0 Å². The van der Waals surface area contributed by atoms with Crippen LogP contribution >= 0.6 is 0 Å². The molecule has 0 aromatic carbocycles. The molecular formula is C3O12U2. The zero-order valence-corrected chi connectivity index (χ0v) is 15.7. The van der Waals surface area contributed by atoms with Crippen molar-refractivity contribution in [2.45, 2.75) is 0 Å². The predicted octanol–water partition coefficient (Wildman–Crippen LogP) is -7.70. The average Bonchev–Trinajstić information content (AvgIpc) is 1.54. The minimum atomic E-state index is -2.33. The largest absolute Gasteiger partial charge is 6.00 e. The van der Waals surface area contributed by atoms with Crippen LogP contribution in [0.3, 0.4) is 0 Å². The van der Waals surface area contributed by atoms with Gasteiger partial charge in [0.05, 0.1) is 0 Å². The van der Waals surface area contributed by atoms with E-state index in [-0.39, 0.29) is 78.7 Å². The van der Waals surface area contributed by atoms with E-state index in [4.69, 9.17) is 45.0 Å². The van der Waals surface area contributed by atoms with Crippen molar-refractivity contribution in [1.82, 2.24) is 0 Å². The molecule has 0 N–H and O–H groups in total. The molecule has 14 heteroatoms. The summed E-state index contributed by atoms with van der Waals surface area (Å²) in [6.07, 6.45) is -7.00. The molecule has 0 saturated carbocycles. The van der Waals surface area contributed by atoms with Crippen LogP contribution < -0.4 is 30.6 Å². The van der Waals surface area contributed by atoms with Crippen LogP contribution in [-0.4, -0.2) is 18.5 Å². The fraction of sp³-hybridized carbons (Fsp3) is 0. The Bertz CT molecular complexity index is 117. The summed E-state index contributed by atoms with van der Waals surface area (Å²) in [6.45, 7) is 0. The molecule has 0 aliphatic carbocycles. The van der Waals surface area contributed by atoms with Crippen molar-refractivity contribution in [1.29, 1.82) is 0 Å². The number of carbonyl (C=O) groups is 3. The minimum absolute atomic E-state index is 0. The van der Waals surface area contributed by atoms with Gasteiger partial charge in [0.15, 0.2) is 0 Å². The summed E-state index contributed by atoms with van der Waals surface area (Å²) in [5.74, 6) is 0. The molecule has 0 aliphatic rings. The van der Waals surface area contributed by atoms with E-state index in [2.05, 4.69) is 0 Å². The Labute approximate surface area is 141 Å². The van der Waals surface area contributed by atoms with Gasteiger partial charge in [-0.15, -0.1) is 0 Å². The first-order valence-corrected chi connectivity index (χ1v) is 1.84. The molecule has 17 heavy (non-hydrogen) atoms. The molecule has 0 bridgehead atoms. The summed E-state index contributed by atoms with van der Waals surface area (Å²) >= 11 is 0. The minimum Gasteiger partial charge on any atom is -2.00 e. The van der Waals surface area contributed by atoms with E-state index in [1.165, 1.54) is 0 Å². The number of rotatable bonds is 0. The number of carbonyl (C=O) groups excluding carboxylic acids is 3. The van der Waals surface area contributed by atoms with E-state index in [1.54, 1.807) is 0 Å². The van der Waals surface area contributed by atoms with E-state index in [0.717, 1.165) is 0 Å². The van der Waals surface area contributed by atoms with Crippen LogP contribution in [0.2, 0.25) is 0 Å². The molecule has 0 unspecified atom stereocenters. The molecule has 0 rings (SSSR count). The van der Waals surface area contributed by atoms with Crippen LogP contribution in [0.25, 0.3) is 0 Å². The molecule has 12 nitrogen and oxygen atoms in total. The smallest absolute Gasteiger partial charge is 2.00 e. The van der Waals surface area contributed by atoms with Crippen molar-refractivity contribution in [2.75, 3.05) is 0 Å². The number of hydrogen-bond donors (Lipinski definition) is 0. The van der Waals surface area contributed by atoms with Gasteiger partial charge < -0.3 is 61.5 Å². The summed E-state index contributed by atoms with van der Waals surface area (Å²) in [5.41, 5.74) is 0. The molecule has 0 atom stereocenters. The van der Waals surface area contributed by atoms with Crippen LogP contribution in [0.5, 0.6) is 0 Å². The first kappa shape index (κ1) is 54.2. The molecule has 0 fully saturated rings. The molecule has 0 heterocycles. The second kappa shape index (κ2) is 44.7. The SMILES string of the molecule is O=C([O-])[O-].O=C([O-])[O-].O=C([O-])[O-].[O-2].[O-2].[O-2].[U+6].[U+6]. The zero-order chi connectivity index (χ0) is 10.7. The predicted molar refractivity (Wildman–Crippen MR) is 18.2 cm³/mol. The van der Waals surface area contributed by atoms with Crippen LogP contribution in [0.15, 0.2) is 0 Å². The second-order valence-corrected chi connectivity index (χ2v) is 0.750. The van der Waals surface area contributed by atoms with E-state index < -0.39 is 18.5 Å². The van der Waals surface area contributed by atoms with Gasteiger partial charge in [-0.25, -0.2) is 0 Å². The van der Waals surface area contributed by atoms with Crippen molar-refractivity contribution in [3.05, 3.63) is 0 Å². The molecule has 92 valence electrons. The summed E-state index contributed by atoms with van der Waals surface area (Å²) in [6, 6.07) is 0. The van der Waals surface area contributed by atoms with E-state index in [1.807, 2.05) is 0 Å². The van der Waals surface area contributed by atoms with Gasteiger partial charge in [0, 0.05) is 0 Å². The van der Waals surface area contributed by atoms with Crippen molar-refractivity contribution in [2.24, 2.45) is 0 Å². The summed E-state index contributed by atoms with van der Waals surface area (Å²) in [7, 11) is 0. The third-order valence-electron chi connectivity index (χ3n) is 0. The Morgan fingerprint density at radius 2 is 0.471 bits per heavy atom. The maximum Gasteiger partial charge on any atom is 6.00 e. The first-order chi connectivity index (χ1) is 5.20. The fourth-order valence-electron chi connectivity index (χ4n) is 0. The molecule has 0 spiro atoms. The van der Waals surface area contributed by atoms with Gasteiger partial charge in [-0.05, 0) is 18.5 Å². The standard InChI is InChI=1S/3CH2O3.3O.2U/c3*2-1(3)4;;;;;/h3*(H2,2,3,4);;;;;/q;;;3*-2;2*+6/p-6. The van der Waals surface area contributed by atoms with Crippen LogP contribution in [0.4, 0.5) is 14.4 Å². The molecule has 0 saturated heterocycles. The van der Waals surface area contributed by atoms with Gasteiger partial charge in [-0.3, -0.25) is 0 Å². The third kappa shape index (κ3) is 70700. The topological polar surface area (TPSA) is 275 Å². The average molecular weight is 704 g/mol. The van der Waals surface area contributed by atoms with Gasteiger partial charge >= 0.3 is 62.2 Å². The van der Waals surface area contributed by atoms with Crippen LogP contribution in [-0.2, 0) is 16.4 Å².